The van der Waals surface area contributed by atoms with Crippen LogP contribution in [0, 0.1) is 0 Å². The molecular weight excluding hydrogens is 278 g/mol. The molecule has 1 fully saturated rings. The SMILES string of the molecule is CCOC(=O)CCCC(=O)c1ccccc1CN1CCCC1. The minimum absolute atomic E-state index is 0.124. The van der Waals surface area contributed by atoms with Gasteiger partial charge >= 0.3 is 5.97 Å². The molecule has 0 amide bonds. The Morgan fingerprint density at radius 1 is 1.14 bits per heavy atom. The number of ketones is 1. The van der Waals surface area contributed by atoms with E-state index in [0.29, 0.717) is 25.9 Å². The van der Waals surface area contributed by atoms with Crippen molar-refractivity contribution < 1.29 is 14.3 Å². The molecule has 0 radical (unpaired) electrons. The maximum absolute atomic E-state index is 12.4. The molecule has 1 aromatic carbocycles. The lowest BCUT2D eigenvalue weighted by molar-refractivity contribution is -0.143. The second kappa shape index (κ2) is 8.69. The standard InChI is InChI=1S/C18H25NO3/c1-2-22-18(21)11-7-10-17(20)16-9-4-3-8-15(16)14-19-12-5-6-13-19/h3-4,8-9H,2,5-7,10-14H2,1H3. The van der Waals surface area contributed by atoms with Crippen LogP contribution in [0.4, 0.5) is 0 Å². The van der Waals surface area contributed by atoms with Crippen molar-refractivity contribution in [2.75, 3.05) is 19.7 Å². The zero-order chi connectivity index (χ0) is 15.8. The van der Waals surface area contributed by atoms with Gasteiger partial charge in [0, 0.05) is 24.9 Å². The van der Waals surface area contributed by atoms with Crippen LogP contribution in [0.5, 0.6) is 0 Å². The molecule has 1 saturated heterocycles. The molecule has 1 heterocycles. The zero-order valence-corrected chi connectivity index (χ0v) is 13.3. The van der Waals surface area contributed by atoms with E-state index in [-0.39, 0.29) is 11.8 Å². The van der Waals surface area contributed by atoms with Gasteiger partial charge in [0.1, 0.15) is 0 Å². The van der Waals surface area contributed by atoms with Crippen molar-refractivity contribution in [3.05, 3.63) is 35.4 Å². The van der Waals surface area contributed by atoms with Crippen LogP contribution in [0.25, 0.3) is 0 Å². The summed E-state index contributed by atoms with van der Waals surface area (Å²) < 4.78 is 4.88. The average molecular weight is 303 g/mol. The number of likely N-dealkylation sites (tertiary alicyclic amines) is 1. The molecule has 4 nitrogen and oxygen atoms in total. The number of benzene rings is 1. The maximum Gasteiger partial charge on any atom is 0.305 e. The summed E-state index contributed by atoms with van der Waals surface area (Å²) in [5.41, 5.74) is 1.91. The third-order valence-electron chi connectivity index (χ3n) is 4.00. The lowest BCUT2D eigenvalue weighted by Gasteiger charge is -2.17. The van der Waals surface area contributed by atoms with Gasteiger partial charge in [-0.15, -0.1) is 0 Å². The van der Waals surface area contributed by atoms with Gasteiger partial charge in [0.05, 0.1) is 6.61 Å². The number of Topliss-reactive ketones (excluding diaryl/α,β-unsaturated/α-hetero) is 1. The van der Waals surface area contributed by atoms with E-state index in [2.05, 4.69) is 4.90 Å². The van der Waals surface area contributed by atoms with Crippen LogP contribution in [0.1, 0.15) is 54.9 Å². The van der Waals surface area contributed by atoms with Crippen LogP contribution in [-0.2, 0) is 16.1 Å². The number of hydrogen-bond donors (Lipinski definition) is 0. The second-order valence-electron chi connectivity index (χ2n) is 5.72. The summed E-state index contributed by atoms with van der Waals surface area (Å²) >= 11 is 0. The van der Waals surface area contributed by atoms with Crippen LogP contribution >= 0.6 is 0 Å². The summed E-state index contributed by atoms with van der Waals surface area (Å²) in [4.78, 5) is 26.1. The molecule has 120 valence electrons. The first-order valence-electron chi connectivity index (χ1n) is 8.19. The molecular formula is C18H25NO3. The van der Waals surface area contributed by atoms with Crippen molar-refractivity contribution >= 4 is 11.8 Å². The van der Waals surface area contributed by atoms with Crippen molar-refractivity contribution in [1.29, 1.82) is 0 Å². The molecule has 0 bridgehead atoms. The van der Waals surface area contributed by atoms with E-state index in [1.165, 1.54) is 12.8 Å². The summed E-state index contributed by atoms with van der Waals surface area (Å²) in [6, 6.07) is 7.84. The average Bonchev–Trinajstić information content (AvgIpc) is 3.01. The molecule has 2 rings (SSSR count). The number of esters is 1. The van der Waals surface area contributed by atoms with Gasteiger partial charge in [-0.3, -0.25) is 14.5 Å². The molecule has 0 unspecified atom stereocenters. The van der Waals surface area contributed by atoms with E-state index in [0.717, 1.165) is 30.8 Å². The van der Waals surface area contributed by atoms with Gasteiger partial charge < -0.3 is 4.74 Å². The number of rotatable bonds is 8. The quantitative estimate of drug-likeness (QED) is 0.546. The molecule has 0 atom stereocenters. The minimum atomic E-state index is -0.222. The van der Waals surface area contributed by atoms with Gasteiger partial charge in [-0.25, -0.2) is 0 Å². The molecule has 0 aromatic heterocycles. The van der Waals surface area contributed by atoms with Crippen molar-refractivity contribution in [3.8, 4) is 0 Å². The molecule has 0 spiro atoms. The third kappa shape index (κ3) is 4.95. The van der Waals surface area contributed by atoms with Gasteiger partial charge in [0.25, 0.3) is 0 Å². The highest BCUT2D eigenvalue weighted by Crippen LogP contribution is 2.18. The highest BCUT2D eigenvalue weighted by atomic mass is 16.5. The predicted molar refractivity (Wildman–Crippen MR) is 85.8 cm³/mol. The van der Waals surface area contributed by atoms with Gasteiger partial charge in [0.15, 0.2) is 5.78 Å². The first-order valence-corrected chi connectivity index (χ1v) is 8.19. The molecule has 1 aliphatic rings. The zero-order valence-electron chi connectivity index (χ0n) is 13.3. The van der Waals surface area contributed by atoms with E-state index in [4.69, 9.17) is 4.74 Å². The summed E-state index contributed by atoms with van der Waals surface area (Å²) in [6.45, 7) is 5.26. The van der Waals surface area contributed by atoms with Crippen LogP contribution in [0.2, 0.25) is 0 Å². The van der Waals surface area contributed by atoms with Gasteiger partial charge in [-0.2, -0.15) is 0 Å². The van der Waals surface area contributed by atoms with Gasteiger partial charge in [0.2, 0.25) is 0 Å². The Morgan fingerprint density at radius 2 is 1.86 bits per heavy atom. The first kappa shape index (κ1) is 16.7. The minimum Gasteiger partial charge on any atom is -0.466 e. The first-order chi connectivity index (χ1) is 10.7. The van der Waals surface area contributed by atoms with E-state index in [1.807, 2.05) is 24.3 Å². The fourth-order valence-corrected chi connectivity index (χ4v) is 2.87. The van der Waals surface area contributed by atoms with E-state index in [1.54, 1.807) is 6.92 Å². The Kier molecular flexibility index (Phi) is 6.59. The summed E-state index contributed by atoms with van der Waals surface area (Å²) in [7, 11) is 0. The topological polar surface area (TPSA) is 46.6 Å². The third-order valence-corrected chi connectivity index (χ3v) is 4.00. The number of carbonyl (C=O) groups is 2. The monoisotopic (exact) mass is 303 g/mol. The van der Waals surface area contributed by atoms with E-state index < -0.39 is 0 Å². The number of carbonyl (C=O) groups excluding carboxylic acids is 2. The summed E-state index contributed by atoms with van der Waals surface area (Å²) in [5.74, 6) is -0.0975. The van der Waals surface area contributed by atoms with Crippen molar-refractivity contribution in [1.82, 2.24) is 4.90 Å². The lowest BCUT2D eigenvalue weighted by atomic mass is 9.99. The number of hydrogen-bond acceptors (Lipinski definition) is 4. The van der Waals surface area contributed by atoms with E-state index in [9.17, 15) is 9.59 Å². The van der Waals surface area contributed by atoms with Crippen molar-refractivity contribution in [2.24, 2.45) is 0 Å². The number of ether oxygens (including phenoxy) is 1. The molecule has 1 aliphatic heterocycles. The van der Waals surface area contributed by atoms with Crippen LogP contribution in [0.15, 0.2) is 24.3 Å². The van der Waals surface area contributed by atoms with Crippen LogP contribution in [-0.4, -0.2) is 36.3 Å². The van der Waals surface area contributed by atoms with Crippen molar-refractivity contribution in [3.63, 3.8) is 0 Å². The largest absolute Gasteiger partial charge is 0.466 e. The summed E-state index contributed by atoms with van der Waals surface area (Å²) in [5, 5.41) is 0. The summed E-state index contributed by atoms with van der Waals surface area (Å²) in [6.07, 6.45) is 3.75. The highest BCUT2D eigenvalue weighted by Gasteiger charge is 2.16. The molecule has 1 aromatic rings. The maximum atomic E-state index is 12.4. The lowest BCUT2D eigenvalue weighted by Crippen LogP contribution is -2.20. The molecule has 0 saturated carbocycles. The Hall–Kier alpha value is -1.68. The Balaban J connectivity index is 1.89. The van der Waals surface area contributed by atoms with Gasteiger partial charge in [-0.1, -0.05) is 24.3 Å². The second-order valence-corrected chi connectivity index (χ2v) is 5.72. The highest BCUT2D eigenvalue weighted by molar-refractivity contribution is 5.97. The van der Waals surface area contributed by atoms with Crippen LogP contribution < -0.4 is 0 Å². The fourth-order valence-electron chi connectivity index (χ4n) is 2.87. The molecule has 22 heavy (non-hydrogen) atoms. The Labute approximate surface area is 132 Å². The predicted octanol–water partition coefficient (Wildman–Crippen LogP) is 3.20. The number of nitrogens with zero attached hydrogens (tertiary/aromatic N) is 1. The molecule has 4 heteroatoms. The van der Waals surface area contributed by atoms with Gasteiger partial charge in [-0.05, 0) is 44.8 Å². The van der Waals surface area contributed by atoms with Crippen molar-refractivity contribution in [2.45, 2.75) is 45.6 Å². The van der Waals surface area contributed by atoms with Crippen LogP contribution in [0.3, 0.4) is 0 Å². The fraction of sp³-hybridized carbons (Fsp3) is 0.556. The smallest absolute Gasteiger partial charge is 0.305 e. The Bertz CT molecular complexity index is 507. The Morgan fingerprint density at radius 3 is 2.59 bits per heavy atom. The molecule has 0 N–H and O–H groups in total. The molecule has 0 aliphatic carbocycles. The normalized spacial score (nSPS) is 15.0. The van der Waals surface area contributed by atoms with E-state index >= 15 is 0 Å².